The quantitative estimate of drug-likeness (QED) is 0.783. The van der Waals surface area contributed by atoms with Gasteiger partial charge in [0.1, 0.15) is 12.3 Å². The van der Waals surface area contributed by atoms with E-state index in [0.29, 0.717) is 12.2 Å². The summed E-state index contributed by atoms with van der Waals surface area (Å²) in [6.07, 6.45) is 3.65. The number of fused-ring (bicyclic) bond motifs is 1. The van der Waals surface area contributed by atoms with Gasteiger partial charge in [-0.2, -0.15) is 0 Å². The molecule has 0 aliphatic carbocycles. The van der Waals surface area contributed by atoms with E-state index in [1.165, 1.54) is 23.1 Å². The van der Waals surface area contributed by atoms with Gasteiger partial charge in [-0.3, -0.25) is 9.36 Å². The predicted octanol–water partition coefficient (Wildman–Crippen LogP) is 1.66. The number of rotatable bonds is 2. The molecular weight excluding hydrogens is 272 g/mol. The van der Waals surface area contributed by atoms with Crippen molar-refractivity contribution in [3.8, 4) is 17.5 Å². The van der Waals surface area contributed by atoms with Gasteiger partial charge >= 0.3 is 0 Å². The number of hydrogen-bond acceptors (Lipinski definition) is 4. The van der Waals surface area contributed by atoms with E-state index in [2.05, 4.69) is 0 Å². The smallest absolute Gasteiger partial charge is 0.247 e. The van der Waals surface area contributed by atoms with Gasteiger partial charge in [0.2, 0.25) is 5.91 Å². The number of aromatic nitrogens is 1. The Labute approximate surface area is 120 Å². The molecule has 3 rings (SSSR count). The number of nitrogens with zero attached hydrogens (tertiary/aromatic N) is 2. The van der Waals surface area contributed by atoms with E-state index in [0.717, 1.165) is 10.1 Å². The first-order valence-corrected chi connectivity index (χ1v) is 6.44. The van der Waals surface area contributed by atoms with Crippen LogP contribution in [0.5, 0.6) is 17.5 Å². The Hall–Kier alpha value is -2.89. The van der Waals surface area contributed by atoms with Gasteiger partial charge < -0.3 is 20.2 Å². The number of benzene rings is 1. The minimum absolute atomic E-state index is 0.0196. The maximum atomic E-state index is 12.4. The highest BCUT2D eigenvalue weighted by Crippen LogP contribution is 2.35. The topological polar surface area (TPSA) is 85.9 Å². The average molecular weight is 286 g/mol. The first kappa shape index (κ1) is 13.1. The number of carbonyl (C=O) groups is 1. The molecule has 0 atom stereocenters. The van der Waals surface area contributed by atoms with Crippen LogP contribution in [-0.2, 0) is 11.3 Å². The predicted molar refractivity (Wildman–Crippen MR) is 77.3 cm³/mol. The lowest BCUT2D eigenvalue weighted by Crippen LogP contribution is -2.35. The van der Waals surface area contributed by atoms with E-state index in [1.54, 1.807) is 12.1 Å². The molecule has 108 valence electrons. The highest BCUT2D eigenvalue weighted by atomic mass is 16.3. The Kier molecular flexibility index (Phi) is 3.06. The summed E-state index contributed by atoms with van der Waals surface area (Å²) in [4.78, 5) is 13.8. The second-order valence-electron chi connectivity index (χ2n) is 4.76. The number of phenolic OH excluding ortho intramolecular Hbond substituents is 1. The summed E-state index contributed by atoms with van der Waals surface area (Å²) in [5.74, 6) is -0.702. The number of hydrogen-bond donors (Lipinski definition) is 3. The number of anilines is 1. The SMILES string of the molecule is O=C(Cn1c(O)ccc1O)N1CC=Cc2cccc(O)c21. The number of carbonyl (C=O) groups excluding carboxylic acids is 1. The largest absolute Gasteiger partial charge is 0.506 e. The van der Waals surface area contributed by atoms with Crippen molar-refractivity contribution in [3.63, 3.8) is 0 Å². The fourth-order valence-electron chi connectivity index (χ4n) is 2.41. The van der Waals surface area contributed by atoms with Gasteiger partial charge in [-0.05, 0) is 6.07 Å². The van der Waals surface area contributed by atoms with Gasteiger partial charge in [0.15, 0.2) is 11.8 Å². The van der Waals surface area contributed by atoms with E-state index < -0.39 is 0 Å². The summed E-state index contributed by atoms with van der Waals surface area (Å²) in [5, 5.41) is 29.2. The molecular formula is C15H14N2O4. The molecule has 2 heterocycles. The minimum atomic E-state index is -0.344. The average Bonchev–Trinajstić information content (AvgIpc) is 2.79. The molecule has 0 saturated heterocycles. The Morgan fingerprint density at radius 2 is 1.81 bits per heavy atom. The second-order valence-corrected chi connectivity index (χ2v) is 4.76. The van der Waals surface area contributed by atoms with Crippen LogP contribution in [0, 0.1) is 0 Å². The minimum Gasteiger partial charge on any atom is -0.506 e. The molecule has 0 fully saturated rings. The van der Waals surface area contributed by atoms with Crippen LogP contribution >= 0.6 is 0 Å². The van der Waals surface area contributed by atoms with Crippen molar-refractivity contribution >= 4 is 17.7 Å². The van der Waals surface area contributed by atoms with Crippen molar-refractivity contribution in [2.75, 3.05) is 11.4 Å². The van der Waals surface area contributed by atoms with E-state index >= 15 is 0 Å². The number of aromatic hydroxyl groups is 3. The molecule has 2 aromatic rings. The van der Waals surface area contributed by atoms with Crippen molar-refractivity contribution in [2.24, 2.45) is 0 Å². The Morgan fingerprint density at radius 3 is 2.52 bits per heavy atom. The zero-order valence-electron chi connectivity index (χ0n) is 11.1. The molecule has 0 spiro atoms. The van der Waals surface area contributed by atoms with Crippen LogP contribution in [0.1, 0.15) is 5.56 Å². The van der Waals surface area contributed by atoms with Gasteiger partial charge in [-0.1, -0.05) is 24.3 Å². The van der Waals surface area contributed by atoms with Gasteiger partial charge in [-0.25, -0.2) is 0 Å². The van der Waals surface area contributed by atoms with Crippen LogP contribution in [-0.4, -0.2) is 32.3 Å². The monoisotopic (exact) mass is 286 g/mol. The van der Waals surface area contributed by atoms with Crippen LogP contribution < -0.4 is 4.90 Å². The summed E-state index contributed by atoms with van der Waals surface area (Å²) in [6.45, 7) is 0.110. The van der Waals surface area contributed by atoms with Crippen molar-refractivity contribution < 1.29 is 20.1 Å². The van der Waals surface area contributed by atoms with Crippen LogP contribution in [0.2, 0.25) is 0 Å². The normalized spacial score (nSPS) is 13.2. The maximum Gasteiger partial charge on any atom is 0.247 e. The summed E-state index contributed by atoms with van der Waals surface area (Å²) in [6, 6.07) is 7.64. The molecule has 6 nitrogen and oxygen atoms in total. The summed E-state index contributed by atoms with van der Waals surface area (Å²) < 4.78 is 1.10. The molecule has 1 aromatic heterocycles. The number of para-hydroxylation sites is 1. The summed E-state index contributed by atoms with van der Waals surface area (Å²) in [5.41, 5.74) is 1.19. The standard InChI is InChI=1S/C15H14N2O4/c18-11-5-1-3-10-4-2-8-16(15(10)11)14(21)9-17-12(19)6-7-13(17)20/h1-7,18-20H,8-9H2. The van der Waals surface area contributed by atoms with Crippen molar-refractivity contribution in [1.29, 1.82) is 0 Å². The maximum absolute atomic E-state index is 12.4. The Bertz CT molecular complexity index is 714. The molecule has 6 heteroatoms. The summed E-state index contributed by atoms with van der Waals surface area (Å²) >= 11 is 0. The van der Waals surface area contributed by atoms with E-state index in [1.807, 2.05) is 12.2 Å². The fourth-order valence-corrected chi connectivity index (χ4v) is 2.41. The van der Waals surface area contributed by atoms with E-state index in [4.69, 9.17) is 0 Å². The Morgan fingerprint density at radius 1 is 1.10 bits per heavy atom. The third-order valence-corrected chi connectivity index (χ3v) is 3.43. The van der Waals surface area contributed by atoms with Crippen LogP contribution in [0.3, 0.4) is 0 Å². The molecule has 0 radical (unpaired) electrons. The fraction of sp³-hybridized carbons (Fsp3) is 0.133. The lowest BCUT2D eigenvalue weighted by atomic mass is 10.1. The first-order valence-electron chi connectivity index (χ1n) is 6.44. The van der Waals surface area contributed by atoms with Gasteiger partial charge in [0, 0.05) is 24.2 Å². The highest BCUT2D eigenvalue weighted by molar-refractivity contribution is 5.98. The third-order valence-electron chi connectivity index (χ3n) is 3.43. The van der Waals surface area contributed by atoms with E-state index in [-0.39, 0.29) is 30.0 Å². The molecule has 0 saturated carbocycles. The van der Waals surface area contributed by atoms with Gasteiger partial charge in [0.05, 0.1) is 5.69 Å². The van der Waals surface area contributed by atoms with Gasteiger partial charge in [0.25, 0.3) is 0 Å². The highest BCUT2D eigenvalue weighted by Gasteiger charge is 2.24. The van der Waals surface area contributed by atoms with Crippen molar-refractivity contribution in [1.82, 2.24) is 4.57 Å². The Balaban J connectivity index is 1.92. The van der Waals surface area contributed by atoms with Gasteiger partial charge in [-0.15, -0.1) is 0 Å². The van der Waals surface area contributed by atoms with Crippen molar-refractivity contribution in [3.05, 3.63) is 42.0 Å². The van der Waals surface area contributed by atoms with Crippen LogP contribution in [0.4, 0.5) is 5.69 Å². The van der Waals surface area contributed by atoms with Crippen molar-refractivity contribution in [2.45, 2.75) is 6.54 Å². The molecule has 3 N–H and O–H groups in total. The molecule has 1 aliphatic rings. The number of amides is 1. The molecule has 21 heavy (non-hydrogen) atoms. The molecule has 0 bridgehead atoms. The lowest BCUT2D eigenvalue weighted by molar-refractivity contribution is -0.119. The van der Waals surface area contributed by atoms with E-state index in [9.17, 15) is 20.1 Å². The molecule has 1 aliphatic heterocycles. The molecule has 1 amide bonds. The molecule has 1 aromatic carbocycles. The second kappa shape index (κ2) is 4.90. The van der Waals surface area contributed by atoms with Crippen LogP contribution in [0.15, 0.2) is 36.4 Å². The number of phenols is 1. The first-order chi connectivity index (χ1) is 10.1. The zero-order valence-corrected chi connectivity index (χ0v) is 11.1. The molecule has 0 unspecified atom stereocenters. The third kappa shape index (κ3) is 2.20. The lowest BCUT2D eigenvalue weighted by Gasteiger charge is -2.27. The van der Waals surface area contributed by atoms with Crippen LogP contribution in [0.25, 0.3) is 6.08 Å². The summed E-state index contributed by atoms with van der Waals surface area (Å²) in [7, 11) is 0. The zero-order chi connectivity index (χ0) is 15.0.